The van der Waals surface area contributed by atoms with Crippen molar-refractivity contribution in [2.75, 3.05) is 6.61 Å². The number of carbonyl (C=O) groups excluding carboxylic acids is 1. The maximum atomic E-state index is 14.7. The van der Waals surface area contributed by atoms with Gasteiger partial charge in [-0.05, 0) is 44.9 Å². The Labute approximate surface area is 176 Å². The van der Waals surface area contributed by atoms with E-state index < -0.39 is 17.6 Å². The minimum atomic E-state index is -0.765. The van der Waals surface area contributed by atoms with Gasteiger partial charge in [-0.1, -0.05) is 50.8 Å². The third kappa shape index (κ3) is 6.37. The van der Waals surface area contributed by atoms with Crippen LogP contribution in [0.5, 0.6) is 5.88 Å². The molecule has 0 fully saturated rings. The van der Waals surface area contributed by atoms with Crippen molar-refractivity contribution in [1.29, 1.82) is 0 Å². The van der Waals surface area contributed by atoms with Gasteiger partial charge in [0.15, 0.2) is 0 Å². The van der Waals surface area contributed by atoms with Crippen LogP contribution >= 0.6 is 0 Å². The third-order valence-electron chi connectivity index (χ3n) is 4.62. The van der Waals surface area contributed by atoms with Gasteiger partial charge in [-0.15, -0.1) is 0 Å². The van der Waals surface area contributed by atoms with E-state index in [1.54, 1.807) is 13.0 Å². The van der Waals surface area contributed by atoms with Gasteiger partial charge in [0, 0.05) is 5.56 Å². The molecule has 0 aliphatic heterocycles. The summed E-state index contributed by atoms with van der Waals surface area (Å²) >= 11 is 0. The summed E-state index contributed by atoms with van der Waals surface area (Å²) in [6.45, 7) is 5.46. The minimum Gasteiger partial charge on any atom is -0.460 e. The highest BCUT2D eigenvalue weighted by Gasteiger charge is 2.20. The van der Waals surface area contributed by atoms with Gasteiger partial charge in [-0.3, -0.25) is 0 Å². The summed E-state index contributed by atoms with van der Waals surface area (Å²) in [6.07, 6.45) is 11.9. The first kappa shape index (κ1) is 23.5. The van der Waals surface area contributed by atoms with Gasteiger partial charge in [0.25, 0.3) is 0 Å². The summed E-state index contributed by atoms with van der Waals surface area (Å²) < 4.78 is 39.3. The number of esters is 1. The quantitative estimate of drug-likeness (QED) is 0.136. The Kier molecular flexibility index (Phi) is 9.45. The van der Waals surface area contributed by atoms with Crippen LogP contribution in [0.3, 0.4) is 0 Å². The van der Waals surface area contributed by atoms with Crippen LogP contribution in [0, 0.1) is 18.6 Å². The number of rotatable bonds is 11. The van der Waals surface area contributed by atoms with Crippen molar-refractivity contribution in [3.8, 4) is 5.88 Å². The number of aromatic nitrogens is 1. The molecule has 4 nitrogen and oxygen atoms in total. The molecule has 30 heavy (non-hydrogen) atoms. The molecule has 0 radical (unpaired) electrons. The van der Waals surface area contributed by atoms with E-state index in [9.17, 15) is 13.6 Å². The van der Waals surface area contributed by atoms with Crippen molar-refractivity contribution < 1.29 is 23.0 Å². The van der Waals surface area contributed by atoms with Gasteiger partial charge in [0.2, 0.25) is 11.6 Å². The number of ether oxygens (including phenoxy) is 2. The van der Waals surface area contributed by atoms with Gasteiger partial charge < -0.3 is 9.47 Å². The van der Waals surface area contributed by atoms with Crippen molar-refractivity contribution in [1.82, 2.24) is 4.98 Å². The van der Waals surface area contributed by atoms with Gasteiger partial charge in [0.05, 0.1) is 17.5 Å². The molecule has 162 valence electrons. The average molecular weight is 417 g/mol. The summed E-state index contributed by atoms with van der Waals surface area (Å²) in [6, 6.07) is 4.10. The zero-order chi connectivity index (χ0) is 21.9. The number of fused-ring (bicyclic) bond motifs is 1. The van der Waals surface area contributed by atoms with E-state index in [0.29, 0.717) is 0 Å². The predicted molar refractivity (Wildman–Crippen MR) is 114 cm³/mol. The molecule has 0 amide bonds. The highest BCUT2D eigenvalue weighted by molar-refractivity contribution is 5.87. The average Bonchev–Trinajstić information content (AvgIpc) is 2.72. The zero-order valence-corrected chi connectivity index (χ0v) is 17.8. The van der Waals surface area contributed by atoms with E-state index in [0.717, 1.165) is 12.8 Å². The molecule has 1 aromatic heterocycles. The van der Waals surface area contributed by atoms with Crippen LogP contribution in [0.25, 0.3) is 10.9 Å². The fourth-order valence-electron chi connectivity index (χ4n) is 2.96. The number of benzene rings is 1. The van der Waals surface area contributed by atoms with Crippen molar-refractivity contribution in [3.05, 3.63) is 59.4 Å². The van der Waals surface area contributed by atoms with Gasteiger partial charge >= 0.3 is 5.97 Å². The Hall–Kier alpha value is -2.76. The normalized spacial score (nSPS) is 12.0. The highest BCUT2D eigenvalue weighted by Crippen LogP contribution is 2.29. The van der Waals surface area contributed by atoms with E-state index in [1.807, 2.05) is 6.08 Å². The molecule has 0 aliphatic rings. The number of nitrogens with zero attached hydrogens (tertiary/aromatic N) is 1. The van der Waals surface area contributed by atoms with E-state index in [1.165, 1.54) is 56.9 Å². The van der Waals surface area contributed by atoms with Crippen LogP contribution < -0.4 is 4.74 Å². The molecule has 6 heteroatoms. The second-order valence-electron chi connectivity index (χ2n) is 6.97. The molecular weight excluding hydrogens is 388 g/mol. The summed E-state index contributed by atoms with van der Waals surface area (Å²) in [5.41, 5.74) is 0.127. The Morgan fingerprint density at radius 1 is 1.13 bits per heavy atom. The minimum absolute atomic E-state index is 0.0164. The topological polar surface area (TPSA) is 48.4 Å². The molecule has 0 unspecified atom stereocenters. The molecule has 2 aromatic rings. The lowest BCUT2D eigenvalue weighted by Crippen LogP contribution is -2.14. The standard InChI is InChI=1S/C24H29F2NO3/c1-4-6-7-8-9-10-11-12-16-20(24(28)29-5-2)30-23-17(3)22(26)21-18(25)14-13-15-19(21)27-23/h11-16H,4-10H2,1-3H3/b12-11+,20-16+. The first-order valence-corrected chi connectivity index (χ1v) is 10.5. The molecule has 0 saturated heterocycles. The molecule has 0 atom stereocenters. The number of pyridine rings is 1. The SMILES string of the molecule is CCCCCCC/C=C/C=C(/Oc1nc2cccc(F)c2c(F)c1C)C(=O)OCC. The maximum absolute atomic E-state index is 14.7. The first-order valence-electron chi connectivity index (χ1n) is 10.5. The van der Waals surface area contributed by atoms with E-state index >= 15 is 0 Å². The van der Waals surface area contributed by atoms with Crippen LogP contribution in [0.2, 0.25) is 0 Å². The van der Waals surface area contributed by atoms with E-state index in [2.05, 4.69) is 11.9 Å². The molecule has 0 aliphatic carbocycles. The zero-order valence-electron chi connectivity index (χ0n) is 17.8. The number of halogens is 2. The smallest absolute Gasteiger partial charge is 0.374 e. The molecule has 0 N–H and O–H groups in total. The van der Waals surface area contributed by atoms with Gasteiger partial charge in [-0.25, -0.2) is 18.6 Å². The van der Waals surface area contributed by atoms with Crippen LogP contribution in [0.15, 0.2) is 42.2 Å². The Morgan fingerprint density at radius 3 is 2.63 bits per heavy atom. The molecular formula is C24H29F2NO3. The molecule has 0 spiro atoms. The lowest BCUT2D eigenvalue weighted by atomic mass is 10.1. The largest absolute Gasteiger partial charge is 0.460 e. The number of hydrogen-bond acceptors (Lipinski definition) is 4. The summed E-state index contributed by atoms with van der Waals surface area (Å²) in [5, 5.41) is -0.202. The first-order chi connectivity index (χ1) is 14.5. The fraction of sp³-hybridized carbons (Fsp3) is 0.417. The fourth-order valence-corrected chi connectivity index (χ4v) is 2.96. The monoisotopic (exact) mass is 417 g/mol. The maximum Gasteiger partial charge on any atom is 0.374 e. The Balaban J connectivity index is 2.20. The lowest BCUT2D eigenvalue weighted by Gasteiger charge is -2.12. The summed E-state index contributed by atoms with van der Waals surface area (Å²) in [4.78, 5) is 16.5. The van der Waals surface area contributed by atoms with Crippen LogP contribution in [0.1, 0.15) is 57.9 Å². The molecule has 0 bridgehead atoms. The number of carbonyl (C=O) groups is 1. The van der Waals surface area contributed by atoms with Crippen LogP contribution in [-0.4, -0.2) is 17.6 Å². The number of allylic oxidation sites excluding steroid dienone is 3. The molecule has 0 saturated carbocycles. The third-order valence-corrected chi connectivity index (χ3v) is 4.62. The second-order valence-corrected chi connectivity index (χ2v) is 6.97. The van der Waals surface area contributed by atoms with Crippen molar-refractivity contribution in [3.63, 3.8) is 0 Å². The van der Waals surface area contributed by atoms with Gasteiger partial charge in [-0.2, -0.15) is 0 Å². The van der Waals surface area contributed by atoms with E-state index in [-0.39, 0.29) is 34.7 Å². The summed E-state index contributed by atoms with van der Waals surface area (Å²) in [5.74, 6) is -2.34. The lowest BCUT2D eigenvalue weighted by molar-refractivity contribution is -0.141. The van der Waals surface area contributed by atoms with Gasteiger partial charge in [0.1, 0.15) is 11.6 Å². The molecule has 2 rings (SSSR count). The Morgan fingerprint density at radius 2 is 1.90 bits per heavy atom. The Bertz CT molecular complexity index is 922. The van der Waals surface area contributed by atoms with Crippen molar-refractivity contribution in [2.45, 2.75) is 59.3 Å². The van der Waals surface area contributed by atoms with Crippen LogP contribution in [0.4, 0.5) is 8.78 Å². The summed E-state index contributed by atoms with van der Waals surface area (Å²) in [7, 11) is 0. The highest BCUT2D eigenvalue weighted by atomic mass is 19.1. The number of unbranched alkanes of at least 4 members (excludes halogenated alkanes) is 5. The number of hydrogen-bond donors (Lipinski definition) is 0. The van der Waals surface area contributed by atoms with E-state index in [4.69, 9.17) is 9.47 Å². The van der Waals surface area contributed by atoms with Crippen molar-refractivity contribution in [2.24, 2.45) is 0 Å². The predicted octanol–water partition coefficient (Wildman–Crippen LogP) is 6.56. The van der Waals surface area contributed by atoms with Crippen LogP contribution in [-0.2, 0) is 9.53 Å². The molecule has 1 aromatic carbocycles. The second kappa shape index (κ2) is 12.1. The van der Waals surface area contributed by atoms with Crippen molar-refractivity contribution >= 4 is 16.9 Å². The molecule has 1 heterocycles.